The molecule has 8 nitrogen and oxygen atoms in total. The molecular formula is C33H50ClN5O3. The molecule has 0 N–H and O–H groups in total. The van der Waals surface area contributed by atoms with Crippen LogP contribution in [0.3, 0.4) is 0 Å². The zero-order chi connectivity index (χ0) is 30.1. The molecule has 0 bridgehead atoms. The quantitative estimate of drug-likeness (QED) is 0.496. The van der Waals surface area contributed by atoms with Crippen LogP contribution in [0.4, 0.5) is 0 Å². The number of carbonyl (C=O) groups is 3. The lowest BCUT2D eigenvalue weighted by Crippen LogP contribution is -2.54. The predicted molar refractivity (Wildman–Crippen MR) is 166 cm³/mol. The fraction of sp³-hybridized carbons (Fsp3) is 0.727. The monoisotopic (exact) mass is 599 g/mol. The maximum Gasteiger partial charge on any atom is 0.245 e. The van der Waals surface area contributed by atoms with Gasteiger partial charge in [-0.2, -0.15) is 0 Å². The van der Waals surface area contributed by atoms with Crippen molar-refractivity contribution in [2.24, 2.45) is 11.8 Å². The minimum atomic E-state index is -0.533. The minimum absolute atomic E-state index is 0.0272. The van der Waals surface area contributed by atoms with Gasteiger partial charge >= 0.3 is 0 Å². The molecule has 3 aliphatic heterocycles. The van der Waals surface area contributed by atoms with Crippen molar-refractivity contribution < 1.29 is 14.4 Å². The molecule has 4 aliphatic rings. The van der Waals surface area contributed by atoms with Crippen LogP contribution in [0, 0.1) is 11.8 Å². The number of rotatable bonds is 6. The highest BCUT2D eigenvalue weighted by Crippen LogP contribution is 2.39. The third-order valence-electron chi connectivity index (χ3n) is 10.5. The van der Waals surface area contributed by atoms with E-state index < -0.39 is 6.04 Å². The highest BCUT2D eigenvalue weighted by atomic mass is 35.5. The van der Waals surface area contributed by atoms with Gasteiger partial charge in [-0.1, -0.05) is 30.7 Å². The van der Waals surface area contributed by atoms with Gasteiger partial charge in [0.25, 0.3) is 0 Å². The summed E-state index contributed by atoms with van der Waals surface area (Å²) >= 11 is 6.22. The average Bonchev–Trinajstić information content (AvgIpc) is 3.60. The summed E-state index contributed by atoms with van der Waals surface area (Å²) in [5.41, 5.74) is 1.11. The van der Waals surface area contributed by atoms with Gasteiger partial charge in [-0.3, -0.25) is 19.3 Å². The Morgan fingerprint density at radius 3 is 2.12 bits per heavy atom. The molecule has 1 aromatic carbocycles. The van der Waals surface area contributed by atoms with Gasteiger partial charge in [0.15, 0.2) is 0 Å². The molecule has 4 atom stereocenters. The van der Waals surface area contributed by atoms with E-state index in [1.807, 2.05) is 34.1 Å². The van der Waals surface area contributed by atoms with E-state index in [1.165, 1.54) is 0 Å². The standard InChI is InChI=1S/C33H50ClN5O3/c1-22(2)37-20-29(25-8-10-26(34)11-9-25)30(21-37)32(41)38-19-28(39(24(4)40)27-12-6-23(3)7-13-27)18-31(38)33(42)36-16-14-35(5)15-17-36/h8-11,22-23,27-31H,6-7,12-21H2,1-5H3/t23-,27+,28-,29-,30+,31+/m0/s1. The highest BCUT2D eigenvalue weighted by Gasteiger charge is 2.50. The second-order valence-corrected chi connectivity index (χ2v) is 14.1. The molecular weight excluding hydrogens is 550 g/mol. The van der Waals surface area contributed by atoms with Crippen molar-refractivity contribution in [3.63, 3.8) is 0 Å². The Morgan fingerprint density at radius 2 is 1.52 bits per heavy atom. The number of hydrogen-bond acceptors (Lipinski definition) is 5. The summed E-state index contributed by atoms with van der Waals surface area (Å²) in [6.45, 7) is 13.2. The van der Waals surface area contributed by atoms with E-state index in [1.54, 1.807) is 6.92 Å². The number of nitrogens with zero attached hydrogens (tertiary/aromatic N) is 5. The summed E-state index contributed by atoms with van der Waals surface area (Å²) in [5, 5.41) is 0.682. The molecule has 3 amide bonds. The van der Waals surface area contributed by atoms with E-state index in [0.29, 0.717) is 49.6 Å². The predicted octanol–water partition coefficient (Wildman–Crippen LogP) is 3.93. The molecule has 0 unspecified atom stereocenters. The number of amides is 3. The molecule has 4 fully saturated rings. The van der Waals surface area contributed by atoms with Crippen LogP contribution >= 0.6 is 11.6 Å². The summed E-state index contributed by atoms with van der Waals surface area (Å²) < 4.78 is 0. The number of likely N-dealkylation sites (tertiary alicyclic amines) is 2. The molecule has 232 valence electrons. The lowest BCUT2D eigenvalue weighted by molar-refractivity contribution is -0.147. The van der Waals surface area contributed by atoms with Crippen LogP contribution in [-0.4, -0.2) is 119 Å². The van der Waals surface area contributed by atoms with Crippen molar-refractivity contribution in [2.75, 3.05) is 52.9 Å². The normalized spacial score (nSPS) is 31.1. The van der Waals surface area contributed by atoms with Crippen molar-refractivity contribution in [2.45, 2.75) is 89.9 Å². The first-order valence-electron chi connectivity index (χ1n) is 16.1. The number of halogens is 1. The molecule has 1 saturated carbocycles. The van der Waals surface area contributed by atoms with Gasteiger partial charge in [0.05, 0.1) is 12.0 Å². The molecule has 0 radical (unpaired) electrons. The number of carbonyl (C=O) groups excluding carboxylic acids is 3. The van der Waals surface area contributed by atoms with Crippen molar-refractivity contribution in [1.82, 2.24) is 24.5 Å². The number of likely N-dealkylation sites (N-methyl/N-ethyl adjacent to an activating group) is 1. The van der Waals surface area contributed by atoms with Crippen molar-refractivity contribution in [3.8, 4) is 0 Å². The zero-order valence-corrected chi connectivity index (χ0v) is 26.9. The van der Waals surface area contributed by atoms with E-state index in [9.17, 15) is 14.4 Å². The molecule has 1 aliphatic carbocycles. The first-order chi connectivity index (χ1) is 20.0. The number of hydrogen-bond donors (Lipinski definition) is 0. The Balaban J connectivity index is 1.44. The van der Waals surface area contributed by atoms with Crippen LogP contribution in [0.5, 0.6) is 0 Å². The first-order valence-corrected chi connectivity index (χ1v) is 16.5. The molecule has 9 heteroatoms. The van der Waals surface area contributed by atoms with Gasteiger partial charge in [0, 0.05) is 75.8 Å². The number of piperazine rings is 1. The summed E-state index contributed by atoms with van der Waals surface area (Å²) in [6, 6.07) is 7.71. The Bertz CT molecular complexity index is 1110. The average molecular weight is 600 g/mol. The van der Waals surface area contributed by atoms with Gasteiger partial charge in [-0.05, 0) is 76.6 Å². The van der Waals surface area contributed by atoms with Crippen molar-refractivity contribution in [3.05, 3.63) is 34.9 Å². The third kappa shape index (κ3) is 6.66. The third-order valence-corrected chi connectivity index (χ3v) is 10.7. The lowest BCUT2D eigenvalue weighted by atomic mass is 9.86. The number of benzene rings is 1. The lowest BCUT2D eigenvalue weighted by Gasteiger charge is -2.39. The largest absolute Gasteiger partial charge is 0.338 e. The Morgan fingerprint density at radius 1 is 0.881 bits per heavy atom. The van der Waals surface area contributed by atoms with Crippen LogP contribution in [0.1, 0.15) is 71.3 Å². The molecule has 0 spiro atoms. The van der Waals surface area contributed by atoms with Gasteiger partial charge < -0.3 is 19.6 Å². The van der Waals surface area contributed by atoms with Gasteiger partial charge in [-0.15, -0.1) is 0 Å². The van der Waals surface area contributed by atoms with E-state index >= 15 is 0 Å². The Labute approximate surface area is 257 Å². The summed E-state index contributed by atoms with van der Waals surface area (Å²) in [7, 11) is 2.08. The summed E-state index contributed by atoms with van der Waals surface area (Å²) in [6.07, 6.45) is 4.74. The fourth-order valence-electron chi connectivity index (χ4n) is 7.83. The van der Waals surface area contributed by atoms with E-state index in [0.717, 1.165) is 50.9 Å². The van der Waals surface area contributed by atoms with Crippen LogP contribution < -0.4 is 0 Å². The van der Waals surface area contributed by atoms with E-state index in [2.05, 4.69) is 42.5 Å². The molecule has 0 aromatic heterocycles. The molecule has 3 saturated heterocycles. The van der Waals surface area contributed by atoms with Crippen LogP contribution in [0.2, 0.25) is 5.02 Å². The second kappa shape index (κ2) is 13.2. The SMILES string of the molecule is CC(=O)N([C@H]1C[C@H](C(=O)N2CCN(C)CC2)N(C(=O)[C@@H]2CN(C(C)C)C[C@H]2c2ccc(Cl)cc2)C1)[C@H]1CC[C@@H](C)CC1. The summed E-state index contributed by atoms with van der Waals surface area (Å²) in [5.74, 6) is 0.607. The first kappa shape index (κ1) is 31.3. The molecule has 5 rings (SSSR count). The maximum absolute atomic E-state index is 14.7. The maximum atomic E-state index is 14.7. The van der Waals surface area contributed by atoms with E-state index in [-0.39, 0.29) is 41.6 Å². The van der Waals surface area contributed by atoms with Crippen LogP contribution in [0.25, 0.3) is 0 Å². The van der Waals surface area contributed by atoms with Crippen molar-refractivity contribution >= 4 is 29.3 Å². The van der Waals surface area contributed by atoms with Gasteiger partial charge in [0.2, 0.25) is 17.7 Å². The molecule has 42 heavy (non-hydrogen) atoms. The van der Waals surface area contributed by atoms with Crippen LogP contribution in [-0.2, 0) is 14.4 Å². The molecule has 3 heterocycles. The summed E-state index contributed by atoms with van der Waals surface area (Å²) in [4.78, 5) is 52.4. The molecule has 1 aromatic rings. The Hall–Kier alpha value is -2.16. The fourth-order valence-corrected chi connectivity index (χ4v) is 7.96. The second-order valence-electron chi connectivity index (χ2n) is 13.7. The van der Waals surface area contributed by atoms with E-state index in [4.69, 9.17) is 11.6 Å². The minimum Gasteiger partial charge on any atom is -0.338 e. The smallest absolute Gasteiger partial charge is 0.245 e. The van der Waals surface area contributed by atoms with Crippen LogP contribution in [0.15, 0.2) is 24.3 Å². The van der Waals surface area contributed by atoms with Gasteiger partial charge in [-0.25, -0.2) is 0 Å². The highest BCUT2D eigenvalue weighted by molar-refractivity contribution is 6.30. The topological polar surface area (TPSA) is 67.4 Å². The Kier molecular flexibility index (Phi) is 9.85. The van der Waals surface area contributed by atoms with Gasteiger partial charge in [0.1, 0.15) is 6.04 Å². The zero-order valence-electron chi connectivity index (χ0n) is 26.2. The van der Waals surface area contributed by atoms with Crippen molar-refractivity contribution in [1.29, 1.82) is 0 Å².